The van der Waals surface area contributed by atoms with Crippen molar-refractivity contribution in [1.29, 1.82) is 0 Å². The molecule has 0 amide bonds. The second-order valence-corrected chi connectivity index (χ2v) is 6.36. The third kappa shape index (κ3) is 3.07. The van der Waals surface area contributed by atoms with Gasteiger partial charge >= 0.3 is 0 Å². The molecule has 2 rings (SSSR count). The number of H-pyrrole nitrogens is 1. The Labute approximate surface area is 102 Å². The highest BCUT2D eigenvalue weighted by atomic mass is 32.2. The van der Waals surface area contributed by atoms with Crippen molar-refractivity contribution in [3.05, 3.63) is 12.3 Å². The highest BCUT2D eigenvalue weighted by molar-refractivity contribution is 7.89. The van der Waals surface area contributed by atoms with Crippen LogP contribution in [0.5, 0.6) is 0 Å². The lowest BCUT2D eigenvalue weighted by atomic mass is 9.85. The molecule has 0 aromatic carbocycles. The number of aromatic amines is 1. The Morgan fingerprint density at radius 3 is 3.00 bits per heavy atom. The second kappa shape index (κ2) is 5.18. The van der Waals surface area contributed by atoms with E-state index in [0.717, 1.165) is 25.7 Å². The molecule has 1 aromatic heterocycles. The molecule has 0 bridgehead atoms. The SMILES string of the molecule is CCC1CCCC(NS(=O)(=O)c2ccn[nH]2)C1. The highest BCUT2D eigenvalue weighted by Crippen LogP contribution is 2.27. The Bertz CT molecular complexity index is 441. The number of nitrogens with zero attached hydrogens (tertiary/aromatic N) is 1. The summed E-state index contributed by atoms with van der Waals surface area (Å²) in [5.74, 6) is 0.651. The fourth-order valence-corrected chi connectivity index (χ4v) is 3.64. The van der Waals surface area contributed by atoms with E-state index in [1.807, 2.05) is 0 Å². The van der Waals surface area contributed by atoms with Gasteiger partial charge in [-0.2, -0.15) is 5.10 Å². The molecule has 5 nitrogen and oxygen atoms in total. The Kier molecular flexibility index (Phi) is 3.83. The van der Waals surface area contributed by atoms with Crippen molar-refractivity contribution in [1.82, 2.24) is 14.9 Å². The number of aromatic nitrogens is 2. The monoisotopic (exact) mass is 257 g/mol. The van der Waals surface area contributed by atoms with E-state index >= 15 is 0 Å². The van der Waals surface area contributed by atoms with Gasteiger partial charge in [-0.15, -0.1) is 0 Å². The van der Waals surface area contributed by atoms with Gasteiger partial charge in [0.2, 0.25) is 0 Å². The van der Waals surface area contributed by atoms with E-state index in [4.69, 9.17) is 0 Å². The van der Waals surface area contributed by atoms with Crippen LogP contribution in [0.4, 0.5) is 0 Å². The van der Waals surface area contributed by atoms with Gasteiger partial charge < -0.3 is 0 Å². The highest BCUT2D eigenvalue weighted by Gasteiger charge is 2.26. The van der Waals surface area contributed by atoms with Gasteiger partial charge in [-0.3, -0.25) is 5.10 Å². The number of sulfonamides is 1. The quantitative estimate of drug-likeness (QED) is 0.861. The molecule has 17 heavy (non-hydrogen) atoms. The number of hydrogen-bond acceptors (Lipinski definition) is 3. The Hall–Kier alpha value is -0.880. The number of rotatable bonds is 4. The molecule has 1 aliphatic rings. The first-order valence-electron chi connectivity index (χ1n) is 6.13. The van der Waals surface area contributed by atoms with Crippen LogP contribution in [0.2, 0.25) is 0 Å². The van der Waals surface area contributed by atoms with Gasteiger partial charge in [-0.1, -0.05) is 26.2 Å². The van der Waals surface area contributed by atoms with Crippen molar-refractivity contribution in [2.75, 3.05) is 0 Å². The Morgan fingerprint density at radius 2 is 2.35 bits per heavy atom. The average molecular weight is 257 g/mol. The van der Waals surface area contributed by atoms with E-state index in [2.05, 4.69) is 21.8 Å². The molecular weight excluding hydrogens is 238 g/mol. The summed E-state index contributed by atoms with van der Waals surface area (Å²) in [4.78, 5) is 0. The van der Waals surface area contributed by atoms with Crippen LogP contribution in [0.25, 0.3) is 0 Å². The maximum absolute atomic E-state index is 12.0. The van der Waals surface area contributed by atoms with E-state index in [9.17, 15) is 8.42 Å². The fourth-order valence-electron chi connectivity index (χ4n) is 2.44. The summed E-state index contributed by atoms with van der Waals surface area (Å²) in [6, 6.07) is 1.55. The van der Waals surface area contributed by atoms with Crippen LogP contribution >= 0.6 is 0 Å². The summed E-state index contributed by atoms with van der Waals surface area (Å²) in [5, 5.41) is 6.31. The average Bonchev–Trinajstić information content (AvgIpc) is 2.83. The van der Waals surface area contributed by atoms with Crippen LogP contribution in [0.3, 0.4) is 0 Å². The normalized spacial score (nSPS) is 25.9. The standard InChI is InChI=1S/C11H19N3O2S/c1-2-9-4-3-5-10(8-9)14-17(15,16)11-6-7-12-13-11/h6-7,9-10,14H,2-5,8H2,1H3,(H,12,13). The molecule has 1 fully saturated rings. The van der Waals surface area contributed by atoms with Gasteiger partial charge in [0.25, 0.3) is 10.0 Å². The van der Waals surface area contributed by atoms with Crippen molar-refractivity contribution in [3.8, 4) is 0 Å². The van der Waals surface area contributed by atoms with Crippen molar-refractivity contribution in [2.45, 2.75) is 50.1 Å². The minimum atomic E-state index is -3.42. The van der Waals surface area contributed by atoms with Crippen LogP contribution in [0.15, 0.2) is 17.3 Å². The molecule has 1 aromatic rings. The van der Waals surface area contributed by atoms with Gasteiger partial charge in [0, 0.05) is 6.04 Å². The molecule has 96 valence electrons. The molecule has 2 unspecified atom stereocenters. The fraction of sp³-hybridized carbons (Fsp3) is 0.727. The second-order valence-electron chi connectivity index (χ2n) is 4.68. The molecule has 2 atom stereocenters. The zero-order chi connectivity index (χ0) is 12.3. The predicted molar refractivity (Wildman–Crippen MR) is 64.9 cm³/mol. The lowest BCUT2D eigenvalue weighted by molar-refractivity contribution is 0.301. The van der Waals surface area contributed by atoms with Crippen molar-refractivity contribution in [3.63, 3.8) is 0 Å². The summed E-state index contributed by atoms with van der Waals surface area (Å²) < 4.78 is 26.7. The molecule has 0 aliphatic heterocycles. The Morgan fingerprint density at radius 1 is 1.53 bits per heavy atom. The molecule has 2 N–H and O–H groups in total. The van der Waals surface area contributed by atoms with Gasteiger partial charge in [0.05, 0.1) is 6.20 Å². The third-order valence-corrected chi connectivity index (χ3v) is 4.90. The molecule has 0 saturated heterocycles. The van der Waals surface area contributed by atoms with Crippen LogP contribution in [-0.2, 0) is 10.0 Å². The minimum absolute atomic E-state index is 0.0713. The first-order chi connectivity index (χ1) is 8.12. The first kappa shape index (κ1) is 12.6. The van der Waals surface area contributed by atoms with E-state index in [0.29, 0.717) is 5.92 Å². The minimum Gasteiger partial charge on any atom is -0.266 e. The van der Waals surface area contributed by atoms with Gasteiger partial charge in [-0.25, -0.2) is 13.1 Å². The summed E-state index contributed by atoms with van der Waals surface area (Å²) >= 11 is 0. The van der Waals surface area contributed by atoms with Crippen molar-refractivity contribution >= 4 is 10.0 Å². The van der Waals surface area contributed by atoms with Crippen LogP contribution in [0.1, 0.15) is 39.0 Å². The van der Waals surface area contributed by atoms with E-state index < -0.39 is 10.0 Å². The molecule has 1 aliphatic carbocycles. The lowest BCUT2D eigenvalue weighted by Crippen LogP contribution is -2.38. The number of hydrogen-bond donors (Lipinski definition) is 2. The summed E-state index contributed by atoms with van der Waals surface area (Å²) in [7, 11) is -3.42. The summed E-state index contributed by atoms with van der Waals surface area (Å²) in [5.41, 5.74) is 0. The van der Waals surface area contributed by atoms with Crippen molar-refractivity contribution in [2.24, 2.45) is 5.92 Å². The predicted octanol–water partition coefficient (Wildman–Crippen LogP) is 1.66. The summed E-state index contributed by atoms with van der Waals surface area (Å²) in [6.45, 7) is 2.16. The van der Waals surface area contributed by atoms with E-state index in [-0.39, 0.29) is 11.1 Å². The molecule has 0 radical (unpaired) electrons. The first-order valence-corrected chi connectivity index (χ1v) is 7.62. The topological polar surface area (TPSA) is 74.8 Å². The maximum atomic E-state index is 12.0. The van der Waals surface area contributed by atoms with Gasteiger partial charge in [0.15, 0.2) is 5.03 Å². The molecule has 1 heterocycles. The summed E-state index contributed by atoms with van der Waals surface area (Å²) in [6.07, 6.45) is 6.79. The van der Waals surface area contributed by atoms with Gasteiger partial charge in [-0.05, 0) is 24.8 Å². The molecule has 1 saturated carbocycles. The van der Waals surface area contributed by atoms with E-state index in [1.54, 1.807) is 0 Å². The van der Waals surface area contributed by atoms with Crippen molar-refractivity contribution < 1.29 is 8.42 Å². The van der Waals surface area contributed by atoms with Gasteiger partial charge in [0.1, 0.15) is 0 Å². The zero-order valence-corrected chi connectivity index (χ0v) is 10.8. The third-order valence-electron chi connectivity index (χ3n) is 3.45. The maximum Gasteiger partial charge on any atom is 0.257 e. The van der Waals surface area contributed by atoms with Crippen LogP contribution < -0.4 is 4.72 Å². The zero-order valence-electron chi connectivity index (χ0n) is 10.0. The molecular formula is C11H19N3O2S. The largest absolute Gasteiger partial charge is 0.266 e. The molecule has 0 spiro atoms. The van der Waals surface area contributed by atoms with Crippen LogP contribution in [0, 0.1) is 5.92 Å². The van der Waals surface area contributed by atoms with E-state index in [1.165, 1.54) is 18.7 Å². The Balaban J connectivity index is 2.01. The lowest BCUT2D eigenvalue weighted by Gasteiger charge is -2.28. The van der Waals surface area contributed by atoms with Crippen LogP contribution in [-0.4, -0.2) is 24.7 Å². The smallest absolute Gasteiger partial charge is 0.257 e. The molecule has 6 heteroatoms. The number of nitrogens with one attached hydrogen (secondary N) is 2.